The van der Waals surface area contributed by atoms with E-state index in [4.69, 9.17) is 4.74 Å². The Morgan fingerprint density at radius 3 is 2.57 bits per heavy atom. The summed E-state index contributed by atoms with van der Waals surface area (Å²) in [6.45, 7) is 7.00. The number of pyridine rings is 1. The molecular weight excluding hydrogens is 489 g/mol. The highest BCUT2D eigenvalue weighted by atomic mass is 127. The number of guanidine groups is 1. The number of hydrogen-bond acceptors (Lipinski definition) is 4. The molecule has 0 radical (unpaired) electrons. The number of piperidine rings is 1. The summed E-state index contributed by atoms with van der Waals surface area (Å²) in [5, 5.41) is 6.75. The lowest BCUT2D eigenvalue weighted by Gasteiger charge is -2.31. The molecule has 2 aliphatic rings. The average Bonchev–Trinajstić information content (AvgIpc) is 2.77. The molecule has 1 aliphatic heterocycles. The van der Waals surface area contributed by atoms with Crippen molar-refractivity contribution in [2.75, 3.05) is 38.2 Å². The lowest BCUT2D eigenvalue weighted by atomic mass is 9.98. The SMILES string of the molecule is CN=C(NCCCOC1CCCCC1)NCc1ccc(N2CCC(C)CC2)nc1.I. The monoisotopic (exact) mass is 529 g/mol. The molecule has 1 aromatic rings. The zero-order valence-corrected chi connectivity index (χ0v) is 21.1. The van der Waals surface area contributed by atoms with Crippen molar-refractivity contribution in [2.45, 2.75) is 70.9 Å². The van der Waals surface area contributed by atoms with Gasteiger partial charge in [-0.15, -0.1) is 24.0 Å². The summed E-state index contributed by atoms with van der Waals surface area (Å²) in [6.07, 6.45) is 12.5. The summed E-state index contributed by atoms with van der Waals surface area (Å²) in [5.41, 5.74) is 1.17. The van der Waals surface area contributed by atoms with E-state index in [-0.39, 0.29) is 24.0 Å². The van der Waals surface area contributed by atoms with Crippen LogP contribution in [-0.2, 0) is 11.3 Å². The lowest BCUT2D eigenvalue weighted by Crippen LogP contribution is -2.37. The predicted molar refractivity (Wildman–Crippen MR) is 136 cm³/mol. The Morgan fingerprint density at radius 2 is 1.90 bits per heavy atom. The molecule has 0 spiro atoms. The van der Waals surface area contributed by atoms with Crippen molar-refractivity contribution in [1.82, 2.24) is 15.6 Å². The molecule has 0 amide bonds. The van der Waals surface area contributed by atoms with Crippen molar-refractivity contribution in [3.63, 3.8) is 0 Å². The normalized spacial score (nSPS) is 18.7. The molecule has 170 valence electrons. The van der Waals surface area contributed by atoms with E-state index in [1.54, 1.807) is 0 Å². The number of nitrogens with one attached hydrogen (secondary N) is 2. The number of nitrogens with zero attached hydrogens (tertiary/aromatic N) is 3. The van der Waals surface area contributed by atoms with E-state index in [9.17, 15) is 0 Å². The van der Waals surface area contributed by atoms with Gasteiger partial charge in [-0.1, -0.05) is 32.3 Å². The second kappa shape index (κ2) is 14.1. The van der Waals surface area contributed by atoms with Gasteiger partial charge in [-0.25, -0.2) is 4.98 Å². The Balaban J connectivity index is 0.00000320. The maximum atomic E-state index is 5.98. The third-order valence-electron chi connectivity index (χ3n) is 6.12. The van der Waals surface area contributed by atoms with Crippen LogP contribution in [0.25, 0.3) is 0 Å². The summed E-state index contributed by atoms with van der Waals surface area (Å²) in [7, 11) is 1.81. The van der Waals surface area contributed by atoms with E-state index in [0.717, 1.165) is 56.9 Å². The van der Waals surface area contributed by atoms with Gasteiger partial charge in [-0.3, -0.25) is 4.99 Å². The maximum Gasteiger partial charge on any atom is 0.191 e. The number of aliphatic imine (C=N–C) groups is 1. The molecule has 3 rings (SSSR count). The van der Waals surface area contributed by atoms with Gasteiger partial charge >= 0.3 is 0 Å². The molecule has 1 saturated heterocycles. The molecule has 2 fully saturated rings. The molecule has 0 bridgehead atoms. The predicted octanol–water partition coefficient (Wildman–Crippen LogP) is 4.34. The van der Waals surface area contributed by atoms with Gasteiger partial charge in [-0.05, 0) is 49.7 Å². The number of halogens is 1. The largest absolute Gasteiger partial charge is 0.378 e. The standard InChI is InChI=1S/C23H39N5O.HI/c1-19-11-14-28(15-12-19)22-10-9-20(17-26-22)18-27-23(24-2)25-13-6-16-29-21-7-4-3-5-8-21;/h9-10,17,19,21H,3-8,11-16,18H2,1-2H3,(H2,24,25,27);1H. The lowest BCUT2D eigenvalue weighted by molar-refractivity contribution is 0.0277. The van der Waals surface area contributed by atoms with Gasteiger partial charge in [0.2, 0.25) is 0 Å². The molecule has 1 aromatic heterocycles. The van der Waals surface area contributed by atoms with Crippen LogP contribution in [0.1, 0.15) is 63.9 Å². The van der Waals surface area contributed by atoms with Crippen molar-refractivity contribution in [2.24, 2.45) is 10.9 Å². The van der Waals surface area contributed by atoms with Crippen molar-refractivity contribution >= 4 is 35.8 Å². The number of ether oxygens (including phenoxy) is 1. The molecule has 30 heavy (non-hydrogen) atoms. The average molecular weight is 530 g/mol. The molecule has 1 saturated carbocycles. The molecule has 0 atom stereocenters. The van der Waals surface area contributed by atoms with Gasteiger partial charge in [0, 0.05) is 46.0 Å². The minimum Gasteiger partial charge on any atom is -0.378 e. The van der Waals surface area contributed by atoms with E-state index in [2.05, 4.69) is 44.6 Å². The fourth-order valence-electron chi connectivity index (χ4n) is 4.11. The summed E-state index contributed by atoms with van der Waals surface area (Å²) in [6, 6.07) is 4.31. The zero-order valence-electron chi connectivity index (χ0n) is 18.7. The Morgan fingerprint density at radius 1 is 1.13 bits per heavy atom. The first kappa shape index (κ1) is 25.2. The Labute approximate surface area is 199 Å². The fraction of sp³-hybridized carbons (Fsp3) is 0.739. The summed E-state index contributed by atoms with van der Waals surface area (Å²) < 4.78 is 5.98. The number of rotatable bonds is 8. The van der Waals surface area contributed by atoms with Crippen LogP contribution < -0.4 is 15.5 Å². The van der Waals surface area contributed by atoms with Crippen LogP contribution in [0.2, 0.25) is 0 Å². The highest BCUT2D eigenvalue weighted by Gasteiger charge is 2.16. The van der Waals surface area contributed by atoms with Gasteiger partial charge in [0.1, 0.15) is 5.82 Å². The van der Waals surface area contributed by atoms with Crippen LogP contribution in [0.15, 0.2) is 23.3 Å². The van der Waals surface area contributed by atoms with Crippen molar-refractivity contribution in [3.05, 3.63) is 23.9 Å². The first-order chi connectivity index (χ1) is 14.2. The number of aromatic nitrogens is 1. The van der Waals surface area contributed by atoms with Crippen LogP contribution in [0, 0.1) is 5.92 Å². The van der Waals surface area contributed by atoms with Gasteiger partial charge in [0.25, 0.3) is 0 Å². The molecule has 2 heterocycles. The summed E-state index contributed by atoms with van der Waals surface area (Å²) >= 11 is 0. The van der Waals surface area contributed by atoms with E-state index >= 15 is 0 Å². The molecule has 0 aromatic carbocycles. The molecule has 1 aliphatic carbocycles. The maximum absolute atomic E-state index is 5.98. The Bertz CT molecular complexity index is 611. The third-order valence-corrected chi connectivity index (χ3v) is 6.12. The molecule has 6 nitrogen and oxygen atoms in total. The van der Waals surface area contributed by atoms with Crippen molar-refractivity contribution in [3.8, 4) is 0 Å². The molecule has 0 unspecified atom stereocenters. The van der Waals surface area contributed by atoms with Crippen molar-refractivity contribution in [1.29, 1.82) is 0 Å². The van der Waals surface area contributed by atoms with Crippen LogP contribution >= 0.6 is 24.0 Å². The fourth-order valence-corrected chi connectivity index (χ4v) is 4.11. The zero-order chi connectivity index (χ0) is 20.3. The minimum atomic E-state index is 0. The summed E-state index contributed by atoms with van der Waals surface area (Å²) in [4.78, 5) is 11.4. The molecule has 7 heteroatoms. The first-order valence-corrected chi connectivity index (χ1v) is 11.5. The molecule has 2 N–H and O–H groups in total. The van der Waals surface area contributed by atoms with Gasteiger partial charge in [0.15, 0.2) is 5.96 Å². The minimum absolute atomic E-state index is 0. The second-order valence-electron chi connectivity index (χ2n) is 8.53. The highest BCUT2D eigenvalue weighted by molar-refractivity contribution is 14.0. The van der Waals surface area contributed by atoms with Gasteiger partial charge in [-0.2, -0.15) is 0 Å². The summed E-state index contributed by atoms with van der Waals surface area (Å²) in [5.74, 6) is 2.77. The second-order valence-corrected chi connectivity index (χ2v) is 8.53. The quantitative estimate of drug-likeness (QED) is 0.227. The third kappa shape index (κ3) is 8.57. The van der Waals surface area contributed by atoms with Gasteiger partial charge in [0.05, 0.1) is 6.10 Å². The Kier molecular flexibility index (Phi) is 11.8. The van der Waals surface area contributed by atoms with Crippen LogP contribution in [0.5, 0.6) is 0 Å². The van der Waals surface area contributed by atoms with E-state index < -0.39 is 0 Å². The molecular formula is C23H40IN5O. The van der Waals surface area contributed by atoms with E-state index in [0.29, 0.717) is 6.10 Å². The van der Waals surface area contributed by atoms with Gasteiger partial charge < -0.3 is 20.3 Å². The Hall–Kier alpha value is -1.09. The smallest absolute Gasteiger partial charge is 0.191 e. The number of hydrogen-bond donors (Lipinski definition) is 2. The highest BCUT2D eigenvalue weighted by Crippen LogP contribution is 2.21. The van der Waals surface area contributed by atoms with Crippen LogP contribution in [0.3, 0.4) is 0 Å². The van der Waals surface area contributed by atoms with Crippen LogP contribution in [0.4, 0.5) is 5.82 Å². The van der Waals surface area contributed by atoms with E-state index in [1.165, 1.54) is 50.5 Å². The van der Waals surface area contributed by atoms with Crippen molar-refractivity contribution < 1.29 is 4.74 Å². The number of anilines is 1. The van der Waals surface area contributed by atoms with E-state index in [1.807, 2.05) is 13.2 Å². The first-order valence-electron chi connectivity index (χ1n) is 11.5. The van der Waals surface area contributed by atoms with Crippen LogP contribution in [-0.4, -0.2) is 50.3 Å². The topological polar surface area (TPSA) is 61.8 Å².